The minimum absolute atomic E-state index is 0.171. The van der Waals surface area contributed by atoms with Crippen LogP contribution in [0.1, 0.15) is 36.6 Å². The van der Waals surface area contributed by atoms with Crippen molar-refractivity contribution >= 4 is 40.7 Å². The smallest absolute Gasteiger partial charge is 0.257 e. The lowest BCUT2D eigenvalue weighted by molar-refractivity contribution is 0.0745. The van der Waals surface area contributed by atoms with Crippen molar-refractivity contribution < 1.29 is 23.2 Å². The summed E-state index contributed by atoms with van der Waals surface area (Å²) in [6, 6.07) is 23.1. The number of carbonyl (C=O) groups is 3. The van der Waals surface area contributed by atoms with E-state index in [0.29, 0.717) is 53.7 Å². The predicted octanol–water partition coefficient (Wildman–Crippen LogP) is 5.76. The van der Waals surface area contributed by atoms with E-state index < -0.39 is 11.7 Å². The average Bonchev–Trinajstić information content (AvgIpc) is 3.00. The lowest BCUT2D eigenvalue weighted by Gasteiger charge is -2.37. The first-order valence-electron chi connectivity index (χ1n) is 13.3. The lowest BCUT2D eigenvalue weighted by atomic mass is 10.1. The Labute approximate surface area is 246 Å². The largest absolute Gasteiger partial charge is 0.367 e. The molecule has 1 fully saturated rings. The van der Waals surface area contributed by atoms with Crippen molar-refractivity contribution in [3.8, 4) is 0 Å². The molecule has 4 aromatic rings. The second-order valence-electron chi connectivity index (χ2n) is 9.76. The van der Waals surface area contributed by atoms with Crippen LogP contribution in [0.2, 0.25) is 5.02 Å². The van der Waals surface area contributed by atoms with Crippen molar-refractivity contribution in [1.29, 1.82) is 0 Å². The minimum Gasteiger partial charge on any atom is -0.367 e. The van der Waals surface area contributed by atoms with E-state index in [2.05, 4.69) is 10.6 Å². The van der Waals surface area contributed by atoms with Crippen molar-refractivity contribution in [1.82, 2.24) is 10.2 Å². The van der Waals surface area contributed by atoms with Gasteiger partial charge in [0.05, 0.1) is 16.1 Å². The summed E-state index contributed by atoms with van der Waals surface area (Å²) in [5.74, 6) is -1.91. The molecule has 0 atom stereocenters. The van der Waals surface area contributed by atoms with Crippen LogP contribution in [0, 0.1) is 11.6 Å². The van der Waals surface area contributed by atoms with Crippen LogP contribution in [0.5, 0.6) is 0 Å². The number of hydrogen-bond acceptors (Lipinski definition) is 4. The van der Waals surface area contributed by atoms with Gasteiger partial charge in [-0.15, -0.1) is 0 Å². The van der Waals surface area contributed by atoms with Gasteiger partial charge in [-0.1, -0.05) is 41.9 Å². The third kappa shape index (κ3) is 6.75. The fourth-order valence-corrected chi connectivity index (χ4v) is 4.97. The summed E-state index contributed by atoms with van der Waals surface area (Å²) in [4.78, 5) is 42.9. The zero-order chi connectivity index (χ0) is 29.6. The summed E-state index contributed by atoms with van der Waals surface area (Å²) < 4.78 is 27.0. The van der Waals surface area contributed by atoms with E-state index in [1.165, 1.54) is 30.3 Å². The average molecular weight is 589 g/mol. The molecular formula is C32H27ClF2N4O3. The zero-order valence-electron chi connectivity index (χ0n) is 22.4. The van der Waals surface area contributed by atoms with E-state index in [4.69, 9.17) is 11.6 Å². The number of halogens is 3. The van der Waals surface area contributed by atoms with Crippen LogP contribution in [0.15, 0.2) is 91.0 Å². The van der Waals surface area contributed by atoms with E-state index in [0.717, 1.165) is 5.56 Å². The number of benzene rings is 4. The maximum Gasteiger partial charge on any atom is 0.257 e. The van der Waals surface area contributed by atoms with E-state index in [9.17, 15) is 23.2 Å². The van der Waals surface area contributed by atoms with Crippen LogP contribution in [0.4, 0.5) is 20.2 Å². The quantitative estimate of drug-likeness (QED) is 0.288. The molecule has 0 aliphatic carbocycles. The Morgan fingerprint density at radius 1 is 0.738 bits per heavy atom. The van der Waals surface area contributed by atoms with Crippen molar-refractivity contribution in [2.24, 2.45) is 0 Å². The van der Waals surface area contributed by atoms with Gasteiger partial charge < -0.3 is 20.4 Å². The Balaban J connectivity index is 1.35. The third-order valence-corrected chi connectivity index (χ3v) is 7.29. The fraction of sp³-hybridized carbons (Fsp3) is 0.156. The topological polar surface area (TPSA) is 81.8 Å². The molecule has 3 amide bonds. The van der Waals surface area contributed by atoms with E-state index in [-0.39, 0.29) is 29.7 Å². The number of amides is 3. The number of rotatable bonds is 7. The summed E-state index contributed by atoms with van der Waals surface area (Å²) in [6.45, 7) is 1.79. The number of anilines is 2. The van der Waals surface area contributed by atoms with E-state index in [1.807, 2.05) is 4.90 Å². The Morgan fingerprint density at radius 2 is 1.48 bits per heavy atom. The minimum atomic E-state index is -0.475. The molecule has 0 aromatic heterocycles. The normalized spacial score (nSPS) is 13.0. The van der Waals surface area contributed by atoms with E-state index in [1.54, 1.807) is 65.6 Å². The number of carbonyl (C=O) groups excluding carboxylic acids is 3. The Kier molecular flexibility index (Phi) is 8.78. The standard InChI is InChI=1S/C32H27ClF2N4O3/c33-28-7-2-1-6-26(28)31(41)37-25-12-13-29(27(19-25)30(40)36-20-21-8-10-23(34)11-9-21)38-14-16-39(17-15-38)32(42)22-4-3-5-24(35)18-22/h1-13,18-19H,14-17,20H2,(H,36,40)(H,37,41). The molecule has 0 saturated carbocycles. The zero-order valence-corrected chi connectivity index (χ0v) is 23.2. The molecule has 4 aromatic carbocycles. The highest BCUT2D eigenvalue weighted by Crippen LogP contribution is 2.27. The van der Waals surface area contributed by atoms with Gasteiger partial charge in [0.2, 0.25) is 0 Å². The third-order valence-electron chi connectivity index (χ3n) is 6.96. The number of nitrogens with zero attached hydrogens (tertiary/aromatic N) is 2. The van der Waals surface area contributed by atoms with Gasteiger partial charge in [0.25, 0.3) is 17.7 Å². The molecule has 0 radical (unpaired) electrons. The Hall–Kier alpha value is -4.76. The molecule has 1 heterocycles. The van der Waals surface area contributed by atoms with Gasteiger partial charge in [0, 0.05) is 49.7 Å². The second kappa shape index (κ2) is 12.8. The molecule has 5 rings (SSSR count). The van der Waals surface area contributed by atoms with E-state index >= 15 is 0 Å². The molecule has 1 saturated heterocycles. The van der Waals surface area contributed by atoms with Crippen LogP contribution in [-0.4, -0.2) is 48.8 Å². The summed E-state index contributed by atoms with van der Waals surface area (Å²) in [5, 5.41) is 5.97. The molecule has 2 N–H and O–H groups in total. The lowest BCUT2D eigenvalue weighted by Crippen LogP contribution is -2.49. The highest BCUT2D eigenvalue weighted by Gasteiger charge is 2.26. The van der Waals surface area contributed by atoms with Crippen LogP contribution < -0.4 is 15.5 Å². The fourth-order valence-electron chi connectivity index (χ4n) is 4.75. The number of piperazine rings is 1. The molecule has 1 aliphatic heterocycles. The monoisotopic (exact) mass is 588 g/mol. The molecule has 0 spiro atoms. The first-order chi connectivity index (χ1) is 20.3. The molecule has 42 heavy (non-hydrogen) atoms. The van der Waals surface area contributed by atoms with Crippen molar-refractivity contribution in [3.05, 3.63) is 130 Å². The maximum absolute atomic E-state index is 13.6. The van der Waals surface area contributed by atoms with Gasteiger partial charge >= 0.3 is 0 Å². The number of nitrogens with one attached hydrogen (secondary N) is 2. The van der Waals surface area contributed by atoms with Crippen molar-refractivity contribution in [2.45, 2.75) is 6.54 Å². The molecule has 0 bridgehead atoms. The Bertz CT molecular complexity index is 1620. The highest BCUT2D eigenvalue weighted by atomic mass is 35.5. The highest BCUT2D eigenvalue weighted by molar-refractivity contribution is 6.34. The van der Waals surface area contributed by atoms with Crippen molar-refractivity contribution in [3.63, 3.8) is 0 Å². The van der Waals surface area contributed by atoms with Gasteiger partial charge in [-0.05, 0) is 66.2 Å². The molecule has 1 aliphatic rings. The maximum atomic E-state index is 13.6. The van der Waals surface area contributed by atoms with Crippen LogP contribution in [0.3, 0.4) is 0 Å². The summed E-state index contributed by atoms with van der Waals surface area (Å²) in [5.41, 5.74) is 2.64. The summed E-state index contributed by atoms with van der Waals surface area (Å²) >= 11 is 6.18. The SMILES string of the molecule is O=C(Nc1ccc(N2CCN(C(=O)c3cccc(F)c3)CC2)c(C(=O)NCc2ccc(F)cc2)c1)c1ccccc1Cl. The molecule has 0 unspecified atom stereocenters. The summed E-state index contributed by atoms with van der Waals surface area (Å²) in [7, 11) is 0. The van der Waals surface area contributed by atoms with Crippen LogP contribution in [-0.2, 0) is 6.54 Å². The Morgan fingerprint density at radius 3 is 2.19 bits per heavy atom. The van der Waals surface area contributed by atoms with Gasteiger partial charge in [0.15, 0.2) is 0 Å². The molecular weight excluding hydrogens is 562 g/mol. The van der Waals surface area contributed by atoms with Gasteiger partial charge in [-0.2, -0.15) is 0 Å². The predicted molar refractivity (Wildman–Crippen MR) is 158 cm³/mol. The van der Waals surface area contributed by atoms with Crippen molar-refractivity contribution in [2.75, 3.05) is 36.4 Å². The first kappa shape index (κ1) is 28.8. The van der Waals surface area contributed by atoms with Gasteiger partial charge in [0.1, 0.15) is 11.6 Å². The second-order valence-corrected chi connectivity index (χ2v) is 10.2. The summed E-state index contributed by atoms with van der Waals surface area (Å²) in [6.07, 6.45) is 0. The molecule has 214 valence electrons. The van der Waals surface area contributed by atoms with Crippen LogP contribution in [0.25, 0.3) is 0 Å². The number of hydrogen-bond donors (Lipinski definition) is 2. The van der Waals surface area contributed by atoms with Gasteiger partial charge in [-0.3, -0.25) is 14.4 Å². The van der Waals surface area contributed by atoms with Gasteiger partial charge in [-0.25, -0.2) is 8.78 Å². The molecule has 10 heteroatoms. The van der Waals surface area contributed by atoms with Crippen LogP contribution >= 0.6 is 11.6 Å². The molecule has 7 nitrogen and oxygen atoms in total. The first-order valence-corrected chi connectivity index (χ1v) is 13.7.